The van der Waals surface area contributed by atoms with Gasteiger partial charge in [0.05, 0.1) is 6.54 Å². The van der Waals surface area contributed by atoms with Crippen LogP contribution in [0.4, 0.5) is 8.78 Å². The van der Waals surface area contributed by atoms with Gasteiger partial charge in [0.2, 0.25) is 5.89 Å². The minimum atomic E-state index is -0.674. The van der Waals surface area contributed by atoms with Gasteiger partial charge >= 0.3 is 0 Å². The van der Waals surface area contributed by atoms with Crippen LogP contribution >= 0.6 is 0 Å². The molecule has 0 saturated heterocycles. The second-order valence-corrected chi connectivity index (χ2v) is 2.95. The molecule has 0 radical (unpaired) electrons. The van der Waals surface area contributed by atoms with Crippen LogP contribution in [0.15, 0.2) is 28.9 Å². The Morgan fingerprint density at radius 3 is 2.73 bits per heavy atom. The van der Waals surface area contributed by atoms with E-state index in [2.05, 4.69) is 4.98 Å². The third-order valence-electron chi connectivity index (χ3n) is 1.93. The van der Waals surface area contributed by atoms with E-state index >= 15 is 0 Å². The number of nitrogens with two attached hydrogens (primary N) is 1. The van der Waals surface area contributed by atoms with E-state index in [0.29, 0.717) is 11.6 Å². The van der Waals surface area contributed by atoms with Crippen molar-refractivity contribution in [3.05, 3.63) is 42.0 Å². The maximum atomic E-state index is 13.3. The number of halogens is 2. The van der Waals surface area contributed by atoms with E-state index < -0.39 is 11.6 Å². The van der Waals surface area contributed by atoms with Gasteiger partial charge in [-0.2, -0.15) is 0 Å². The molecular weight excluding hydrogens is 202 g/mol. The highest BCUT2D eigenvalue weighted by Gasteiger charge is 2.10. The normalized spacial score (nSPS) is 10.6. The lowest BCUT2D eigenvalue weighted by Crippen LogP contribution is -1.96. The summed E-state index contributed by atoms with van der Waals surface area (Å²) in [6.07, 6.45) is 1.29. The van der Waals surface area contributed by atoms with Crippen molar-refractivity contribution in [1.82, 2.24) is 4.98 Å². The van der Waals surface area contributed by atoms with Crippen LogP contribution in [0.25, 0.3) is 11.3 Å². The summed E-state index contributed by atoms with van der Waals surface area (Å²) in [7, 11) is 0. The summed E-state index contributed by atoms with van der Waals surface area (Å²) in [4.78, 5) is 3.94. The summed E-state index contributed by atoms with van der Waals surface area (Å²) in [6.45, 7) is 0.142. The van der Waals surface area contributed by atoms with Crippen molar-refractivity contribution in [2.45, 2.75) is 6.54 Å². The average molecular weight is 210 g/mol. The number of nitrogens with zero attached hydrogens (tertiary/aromatic N) is 1. The van der Waals surface area contributed by atoms with Gasteiger partial charge < -0.3 is 10.2 Å². The van der Waals surface area contributed by atoms with E-state index in [1.54, 1.807) is 0 Å². The highest BCUT2D eigenvalue weighted by molar-refractivity contribution is 5.58. The van der Waals surface area contributed by atoms with Gasteiger partial charge in [-0.25, -0.2) is 13.8 Å². The Balaban J connectivity index is 2.44. The second kappa shape index (κ2) is 3.78. The first-order chi connectivity index (χ1) is 7.20. The Kier molecular flexibility index (Phi) is 2.47. The van der Waals surface area contributed by atoms with Crippen LogP contribution in [0, 0.1) is 11.6 Å². The quantitative estimate of drug-likeness (QED) is 0.825. The third-order valence-corrected chi connectivity index (χ3v) is 1.93. The van der Waals surface area contributed by atoms with E-state index in [9.17, 15) is 8.78 Å². The fraction of sp³-hybridized carbons (Fsp3) is 0.100. The third kappa shape index (κ3) is 1.87. The number of aromatic nitrogens is 1. The first-order valence-corrected chi connectivity index (χ1v) is 4.30. The first-order valence-electron chi connectivity index (χ1n) is 4.30. The van der Waals surface area contributed by atoms with Crippen molar-refractivity contribution in [2.75, 3.05) is 0 Å². The molecule has 0 fully saturated rings. The lowest BCUT2D eigenvalue weighted by molar-refractivity contribution is 0.498. The molecule has 2 aromatic rings. The second-order valence-electron chi connectivity index (χ2n) is 2.95. The molecule has 0 aliphatic heterocycles. The minimum Gasteiger partial charge on any atom is -0.447 e. The molecule has 3 nitrogen and oxygen atoms in total. The molecule has 0 saturated carbocycles. The standard InChI is InChI=1S/C10H8F2N2O/c11-6-1-2-7(8(12)3-6)9-5-15-10(4-13)14-9/h1-3,5H,4,13H2. The van der Waals surface area contributed by atoms with Gasteiger partial charge in [0.1, 0.15) is 23.6 Å². The average Bonchev–Trinajstić information content (AvgIpc) is 2.66. The zero-order valence-electron chi connectivity index (χ0n) is 7.71. The zero-order valence-corrected chi connectivity index (χ0v) is 7.71. The van der Waals surface area contributed by atoms with Crippen LogP contribution in [0.1, 0.15) is 5.89 Å². The lowest BCUT2D eigenvalue weighted by atomic mass is 10.1. The van der Waals surface area contributed by atoms with Crippen LogP contribution in [0.2, 0.25) is 0 Å². The topological polar surface area (TPSA) is 52.0 Å². The van der Waals surface area contributed by atoms with Gasteiger partial charge in [-0.15, -0.1) is 0 Å². The molecule has 0 spiro atoms. The van der Waals surface area contributed by atoms with E-state index in [-0.39, 0.29) is 12.1 Å². The van der Waals surface area contributed by atoms with E-state index in [1.807, 2.05) is 0 Å². The molecule has 1 aromatic carbocycles. The maximum absolute atomic E-state index is 13.3. The molecule has 0 atom stereocenters. The molecule has 2 rings (SSSR count). The van der Waals surface area contributed by atoms with E-state index in [1.165, 1.54) is 12.3 Å². The van der Waals surface area contributed by atoms with Crippen LogP contribution in [0.3, 0.4) is 0 Å². The summed E-state index contributed by atoms with van der Waals surface area (Å²) in [6, 6.07) is 3.27. The largest absolute Gasteiger partial charge is 0.447 e. The molecule has 0 amide bonds. The highest BCUT2D eigenvalue weighted by atomic mass is 19.1. The minimum absolute atomic E-state index is 0.142. The molecule has 1 aromatic heterocycles. The molecule has 78 valence electrons. The fourth-order valence-electron chi connectivity index (χ4n) is 1.23. The van der Waals surface area contributed by atoms with Gasteiger partial charge in [-0.1, -0.05) is 0 Å². The maximum Gasteiger partial charge on any atom is 0.208 e. The summed E-state index contributed by atoms with van der Waals surface area (Å²) in [5.41, 5.74) is 5.80. The van der Waals surface area contributed by atoms with Gasteiger partial charge in [-0.05, 0) is 12.1 Å². The zero-order chi connectivity index (χ0) is 10.8. The van der Waals surface area contributed by atoms with Gasteiger partial charge in [-0.3, -0.25) is 0 Å². The van der Waals surface area contributed by atoms with E-state index in [0.717, 1.165) is 12.1 Å². The number of rotatable bonds is 2. The summed E-state index contributed by atoms with van der Waals surface area (Å²) >= 11 is 0. The summed E-state index contributed by atoms with van der Waals surface area (Å²) < 4.78 is 30.9. The summed E-state index contributed by atoms with van der Waals surface area (Å²) in [5.74, 6) is -0.987. The molecule has 0 aliphatic carbocycles. The van der Waals surface area contributed by atoms with Crippen molar-refractivity contribution < 1.29 is 13.2 Å². The molecular formula is C10H8F2N2O. The Labute approximate surface area is 84.5 Å². The molecule has 1 heterocycles. The van der Waals surface area contributed by atoms with Crippen molar-refractivity contribution in [2.24, 2.45) is 5.73 Å². The predicted octanol–water partition coefficient (Wildman–Crippen LogP) is 2.08. The van der Waals surface area contributed by atoms with Crippen molar-refractivity contribution in [1.29, 1.82) is 0 Å². The molecule has 5 heteroatoms. The van der Waals surface area contributed by atoms with Gasteiger partial charge in [0.15, 0.2) is 0 Å². The Morgan fingerprint density at radius 2 is 2.13 bits per heavy atom. The van der Waals surface area contributed by atoms with Gasteiger partial charge in [0.25, 0.3) is 0 Å². The Morgan fingerprint density at radius 1 is 1.33 bits per heavy atom. The molecule has 0 bridgehead atoms. The molecule has 0 unspecified atom stereocenters. The highest BCUT2D eigenvalue weighted by Crippen LogP contribution is 2.22. The number of hydrogen-bond donors (Lipinski definition) is 1. The van der Waals surface area contributed by atoms with Crippen molar-refractivity contribution in [3.63, 3.8) is 0 Å². The first kappa shape index (κ1) is 9.79. The lowest BCUT2D eigenvalue weighted by Gasteiger charge is -1.97. The molecule has 15 heavy (non-hydrogen) atoms. The van der Waals surface area contributed by atoms with Crippen molar-refractivity contribution in [3.8, 4) is 11.3 Å². The van der Waals surface area contributed by atoms with Crippen LogP contribution in [-0.4, -0.2) is 4.98 Å². The number of benzene rings is 1. The smallest absolute Gasteiger partial charge is 0.208 e. The van der Waals surface area contributed by atoms with Crippen LogP contribution < -0.4 is 5.73 Å². The Hall–Kier alpha value is -1.75. The van der Waals surface area contributed by atoms with Crippen LogP contribution in [-0.2, 0) is 6.54 Å². The fourth-order valence-corrected chi connectivity index (χ4v) is 1.23. The summed E-state index contributed by atoms with van der Waals surface area (Å²) in [5, 5.41) is 0. The van der Waals surface area contributed by atoms with E-state index in [4.69, 9.17) is 10.2 Å². The molecule has 0 aliphatic rings. The predicted molar refractivity (Wildman–Crippen MR) is 49.7 cm³/mol. The Bertz CT molecular complexity index is 482. The van der Waals surface area contributed by atoms with Gasteiger partial charge in [0, 0.05) is 11.6 Å². The number of oxazole rings is 1. The molecule has 2 N–H and O–H groups in total. The van der Waals surface area contributed by atoms with Crippen molar-refractivity contribution >= 4 is 0 Å². The van der Waals surface area contributed by atoms with Crippen LogP contribution in [0.5, 0.6) is 0 Å². The SMILES string of the molecule is NCc1nc(-c2ccc(F)cc2F)co1. The number of hydrogen-bond acceptors (Lipinski definition) is 3. The monoisotopic (exact) mass is 210 g/mol.